The van der Waals surface area contributed by atoms with Crippen molar-refractivity contribution in [1.29, 1.82) is 0 Å². The SMILES string of the molecule is O=C1C([O-])=CC(C(=O)OCCO)C=C1O. The molecule has 0 spiro atoms. The first-order valence-electron chi connectivity index (χ1n) is 4.18. The largest absolute Gasteiger partial charge is 0.870 e. The monoisotopic (exact) mass is 213 g/mol. The zero-order chi connectivity index (χ0) is 11.4. The van der Waals surface area contributed by atoms with Gasteiger partial charge in [0.1, 0.15) is 6.61 Å². The van der Waals surface area contributed by atoms with Crippen LogP contribution in [0.5, 0.6) is 0 Å². The van der Waals surface area contributed by atoms with Crippen molar-refractivity contribution in [3.05, 3.63) is 23.7 Å². The number of rotatable bonds is 3. The van der Waals surface area contributed by atoms with Gasteiger partial charge in [-0.15, -0.1) is 0 Å². The van der Waals surface area contributed by atoms with Gasteiger partial charge in [-0.2, -0.15) is 0 Å². The summed E-state index contributed by atoms with van der Waals surface area (Å²) in [5, 5.41) is 28.3. The van der Waals surface area contributed by atoms with Crippen LogP contribution in [0.1, 0.15) is 0 Å². The molecular weight excluding hydrogens is 204 g/mol. The standard InChI is InChI=1S/C9H10O6/c10-1-2-15-9(14)5-3-6(11)8(13)7(12)4-5/h3-5,10-12H,1-2H2/p-1. The zero-order valence-electron chi connectivity index (χ0n) is 7.67. The van der Waals surface area contributed by atoms with E-state index < -0.39 is 29.2 Å². The van der Waals surface area contributed by atoms with E-state index in [9.17, 15) is 14.7 Å². The Hall–Kier alpha value is -1.82. The van der Waals surface area contributed by atoms with Gasteiger partial charge in [-0.05, 0) is 6.08 Å². The summed E-state index contributed by atoms with van der Waals surface area (Å²) in [6, 6.07) is 0. The molecule has 0 aromatic heterocycles. The van der Waals surface area contributed by atoms with Gasteiger partial charge in [0, 0.05) is 0 Å². The molecule has 82 valence electrons. The summed E-state index contributed by atoms with van der Waals surface area (Å²) >= 11 is 0. The van der Waals surface area contributed by atoms with Gasteiger partial charge in [-0.1, -0.05) is 11.8 Å². The number of hydrogen-bond acceptors (Lipinski definition) is 6. The molecule has 0 radical (unpaired) electrons. The van der Waals surface area contributed by atoms with Gasteiger partial charge in [-0.3, -0.25) is 9.59 Å². The van der Waals surface area contributed by atoms with Gasteiger partial charge in [0.15, 0.2) is 5.76 Å². The van der Waals surface area contributed by atoms with Crippen LogP contribution in [0.4, 0.5) is 0 Å². The maximum atomic E-state index is 11.2. The molecule has 0 aromatic carbocycles. The number of hydrogen-bond donors (Lipinski definition) is 2. The highest BCUT2D eigenvalue weighted by Crippen LogP contribution is 2.16. The lowest BCUT2D eigenvalue weighted by atomic mass is 10.0. The Morgan fingerprint density at radius 3 is 2.73 bits per heavy atom. The van der Waals surface area contributed by atoms with Crippen LogP contribution < -0.4 is 5.11 Å². The van der Waals surface area contributed by atoms with Crippen molar-refractivity contribution in [1.82, 2.24) is 0 Å². The summed E-state index contributed by atoms with van der Waals surface area (Å²) in [4.78, 5) is 22.0. The van der Waals surface area contributed by atoms with E-state index in [-0.39, 0.29) is 13.2 Å². The minimum Gasteiger partial charge on any atom is -0.870 e. The number of carbonyl (C=O) groups excluding carboxylic acids is 2. The number of ketones is 1. The molecule has 1 atom stereocenters. The highest BCUT2D eigenvalue weighted by Gasteiger charge is 2.22. The highest BCUT2D eigenvalue weighted by atomic mass is 16.5. The first-order chi connectivity index (χ1) is 7.06. The van der Waals surface area contributed by atoms with Crippen molar-refractivity contribution in [2.45, 2.75) is 0 Å². The predicted octanol–water partition coefficient (Wildman–Crippen LogP) is -1.59. The molecule has 0 bridgehead atoms. The van der Waals surface area contributed by atoms with Crippen molar-refractivity contribution in [2.24, 2.45) is 5.92 Å². The van der Waals surface area contributed by atoms with Crippen LogP contribution >= 0.6 is 0 Å². The number of aliphatic hydroxyl groups is 2. The van der Waals surface area contributed by atoms with E-state index in [4.69, 9.17) is 10.2 Å². The quantitative estimate of drug-likeness (QED) is 0.547. The maximum Gasteiger partial charge on any atom is 0.316 e. The van der Waals surface area contributed by atoms with Crippen LogP contribution in [0.3, 0.4) is 0 Å². The summed E-state index contributed by atoms with van der Waals surface area (Å²) in [7, 11) is 0. The Balaban J connectivity index is 2.72. The molecule has 1 rings (SSSR count). The second-order valence-electron chi connectivity index (χ2n) is 2.83. The lowest BCUT2D eigenvalue weighted by molar-refractivity contribution is -0.298. The number of esters is 1. The molecule has 6 nitrogen and oxygen atoms in total. The minimum absolute atomic E-state index is 0.195. The van der Waals surface area contributed by atoms with Gasteiger partial charge in [0.2, 0.25) is 5.78 Å². The van der Waals surface area contributed by atoms with Gasteiger partial charge in [0.05, 0.1) is 12.5 Å². The molecule has 0 saturated heterocycles. The third-order valence-corrected chi connectivity index (χ3v) is 1.73. The first kappa shape index (κ1) is 11.3. The fourth-order valence-electron chi connectivity index (χ4n) is 1.04. The van der Waals surface area contributed by atoms with E-state index in [1.165, 1.54) is 0 Å². The fourth-order valence-corrected chi connectivity index (χ4v) is 1.04. The lowest BCUT2D eigenvalue weighted by Crippen LogP contribution is -2.27. The molecule has 1 aliphatic carbocycles. The zero-order valence-corrected chi connectivity index (χ0v) is 7.67. The number of Topliss-reactive ketones (excluding diaryl/α,β-unsaturated/α-hetero) is 1. The molecule has 0 fully saturated rings. The van der Waals surface area contributed by atoms with Gasteiger partial charge in [-0.25, -0.2) is 0 Å². The fraction of sp³-hybridized carbons (Fsp3) is 0.333. The Kier molecular flexibility index (Phi) is 3.46. The second kappa shape index (κ2) is 4.61. The van der Waals surface area contributed by atoms with Crippen molar-refractivity contribution in [3.63, 3.8) is 0 Å². The van der Waals surface area contributed by atoms with Crippen LogP contribution in [0, 0.1) is 5.92 Å². The molecule has 0 amide bonds. The molecular formula is C9H9O6-. The van der Waals surface area contributed by atoms with E-state index in [0.29, 0.717) is 0 Å². The average molecular weight is 213 g/mol. The van der Waals surface area contributed by atoms with Crippen molar-refractivity contribution in [3.8, 4) is 0 Å². The Morgan fingerprint density at radius 2 is 2.20 bits per heavy atom. The maximum absolute atomic E-state index is 11.2. The van der Waals surface area contributed by atoms with Crippen LogP contribution in [-0.4, -0.2) is 35.2 Å². The average Bonchev–Trinajstić information content (AvgIpc) is 2.21. The van der Waals surface area contributed by atoms with Crippen molar-refractivity contribution >= 4 is 11.8 Å². The summed E-state index contributed by atoms with van der Waals surface area (Å²) in [6.07, 6.45) is 1.80. The number of ether oxygens (including phenoxy) is 1. The van der Waals surface area contributed by atoms with E-state index in [1.807, 2.05) is 0 Å². The normalized spacial score (nSPS) is 20.6. The van der Waals surface area contributed by atoms with E-state index in [1.54, 1.807) is 0 Å². The molecule has 1 unspecified atom stereocenters. The van der Waals surface area contributed by atoms with Crippen LogP contribution in [-0.2, 0) is 14.3 Å². The lowest BCUT2D eigenvalue weighted by Gasteiger charge is -2.18. The summed E-state index contributed by atoms with van der Waals surface area (Å²) in [6.45, 7) is -0.527. The third-order valence-electron chi connectivity index (χ3n) is 1.73. The Morgan fingerprint density at radius 1 is 1.53 bits per heavy atom. The highest BCUT2D eigenvalue weighted by molar-refractivity contribution is 6.06. The topological polar surface area (TPSA) is 107 Å². The van der Waals surface area contributed by atoms with E-state index in [0.717, 1.165) is 12.2 Å². The van der Waals surface area contributed by atoms with Gasteiger partial charge in [0.25, 0.3) is 0 Å². The number of aliphatic hydroxyl groups excluding tert-OH is 2. The molecule has 15 heavy (non-hydrogen) atoms. The van der Waals surface area contributed by atoms with Crippen LogP contribution in [0.15, 0.2) is 23.7 Å². The van der Waals surface area contributed by atoms with Crippen molar-refractivity contribution in [2.75, 3.05) is 13.2 Å². The second-order valence-corrected chi connectivity index (χ2v) is 2.83. The van der Waals surface area contributed by atoms with E-state index in [2.05, 4.69) is 4.74 Å². The van der Waals surface area contributed by atoms with Gasteiger partial charge >= 0.3 is 5.97 Å². The smallest absolute Gasteiger partial charge is 0.316 e. The molecule has 0 aromatic rings. The molecule has 0 aliphatic heterocycles. The van der Waals surface area contributed by atoms with Gasteiger partial charge < -0.3 is 20.1 Å². The first-order valence-corrected chi connectivity index (χ1v) is 4.18. The molecule has 2 N–H and O–H groups in total. The summed E-state index contributed by atoms with van der Waals surface area (Å²) in [5.41, 5.74) is 0. The Bertz CT molecular complexity index is 319. The summed E-state index contributed by atoms with van der Waals surface area (Å²) in [5.74, 6) is -4.60. The number of carbonyl (C=O) groups is 2. The minimum atomic E-state index is -1.07. The van der Waals surface area contributed by atoms with E-state index >= 15 is 0 Å². The van der Waals surface area contributed by atoms with Crippen molar-refractivity contribution < 1.29 is 29.6 Å². The molecule has 1 aliphatic rings. The van der Waals surface area contributed by atoms with Crippen LogP contribution in [0.2, 0.25) is 0 Å². The Labute approximate surface area is 85.1 Å². The van der Waals surface area contributed by atoms with Crippen LogP contribution in [0.25, 0.3) is 0 Å². The summed E-state index contributed by atoms with van der Waals surface area (Å²) < 4.78 is 4.52. The molecule has 0 heterocycles. The predicted molar refractivity (Wildman–Crippen MR) is 45.3 cm³/mol. The molecule has 0 saturated carbocycles. The third kappa shape index (κ3) is 2.57. The molecule has 6 heteroatoms.